The Bertz CT molecular complexity index is 1060. The number of amides is 1. The van der Waals surface area contributed by atoms with E-state index in [2.05, 4.69) is 15.5 Å². The molecule has 9 heteroatoms. The first kappa shape index (κ1) is 20.5. The van der Waals surface area contributed by atoms with Crippen LogP contribution in [0.15, 0.2) is 46.0 Å². The number of rotatable bonds is 6. The average Bonchev–Trinajstić information content (AvgIpc) is 3.13. The van der Waals surface area contributed by atoms with Gasteiger partial charge in [-0.15, -0.1) is 10.2 Å². The Balaban J connectivity index is 1.70. The summed E-state index contributed by atoms with van der Waals surface area (Å²) in [5.41, 5.74) is 4.32. The Hall–Kier alpha value is -3.20. The molecule has 1 N–H and O–H groups in total. The molecule has 1 atom stereocenters. The van der Waals surface area contributed by atoms with Gasteiger partial charge in [0.2, 0.25) is 11.8 Å². The fourth-order valence-corrected chi connectivity index (χ4v) is 3.62. The van der Waals surface area contributed by atoms with Crippen molar-refractivity contribution in [3.8, 4) is 11.5 Å². The standard InChI is InChI=1S/C20H20N4O4S/c1-11-8-12(2)17(13(3)9-11)21-18(25)14(4)29-20-23-22-19(28-20)15-6-5-7-16(10-15)24(26)27/h5-10,14H,1-4H3,(H,21,25)/t14-/m0/s1. The summed E-state index contributed by atoms with van der Waals surface area (Å²) in [5.74, 6) is -0.0193. The summed E-state index contributed by atoms with van der Waals surface area (Å²) in [5, 5.41) is 21.5. The van der Waals surface area contributed by atoms with Crippen LogP contribution in [0.2, 0.25) is 0 Å². The molecule has 3 aromatic rings. The zero-order valence-electron chi connectivity index (χ0n) is 16.4. The molecule has 1 heterocycles. The fraction of sp³-hybridized carbons (Fsp3) is 0.250. The molecule has 0 aliphatic rings. The highest BCUT2D eigenvalue weighted by Crippen LogP contribution is 2.29. The van der Waals surface area contributed by atoms with Crippen LogP contribution in [0, 0.1) is 30.9 Å². The minimum absolute atomic E-state index is 0.0634. The molecule has 0 saturated heterocycles. The van der Waals surface area contributed by atoms with E-state index < -0.39 is 10.2 Å². The number of aryl methyl sites for hydroxylation is 3. The highest BCUT2D eigenvalue weighted by Gasteiger charge is 2.20. The first-order valence-electron chi connectivity index (χ1n) is 8.88. The van der Waals surface area contributed by atoms with Crippen molar-refractivity contribution in [3.63, 3.8) is 0 Å². The number of carbonyl (C=O) groups is 1. The second-order valence-electron chi connectivity index (χ2n) is 6.70. The third-order valence-electron chi connectivity index (χ3n) is 4.28. The lowest BCUT2D eigenvalue weighted by Crippen LogP contribution is -2.23. The number of hydrogen-bond donors (Lipinski definition) is 1. The van der Waals surface area contributed by atoms with E-state index in [-0.39, 0.29) is 22.7 Å². The third-order valence-corrected chi connectivity index (χ3v) is 5.22. The van der Waals surface area contributed by atoms with Crippen LogP contribution >= 0.6 is 11.8 Å². The van der Waals surface area contributed by atoms with Gasteiger partial charge < -0.3 is 9.73 Å². The first-order chi connectivity index (χ1) is 13.7. The van der Waals surface area contributed by atoms with E-state index in [0.29, 0.717) is 5.56 Å². The summed E-state index contributed by atoms with van der Waals surface area (Å²) < 4.78 is 5.58. The predicted octanol–water partition coefficient (Wildman–Crippen LogP) is 4.69. The molecular weight excluding hydrogens is 392 g/mol. The Kier molecular flexibility index (Phi) is 5.97. The van der Waals surface area contributed by atoms with E-state index in [1.807, 2.05) is 32.9 Å². The van der Waals surface area contributed by atoms with Crippen LogP contribution in [0.1, 0.15) is 23.6 Å². The topological polar surface area (TPSA) is 111 Å². The fourth-order valence-electron chi connectivity index (χ4n) is 2.93. The average molecular weight is 412 g/mol. The molecule has 0 unspecified atom stereocenters. The summed E-state index contributed by atoms with van der Waals surface area (Å²) in [6, 6.07) is 9.98. The van der Waals surface area contributed by atoms with Crippen LogP contribution in [0.3, 0.4) is 0 Å². The van der Waals surface area contributed by atoms with Gasteiger partial charge in [0.25, 0.3) is 10.9 Å². The molecule has 1 aromatic heterocycles. The molecule has 3 rings (SSSR count). The van der Waals surface area contributed by atoms with Gasteiger partial charge in [-0.25, -0.2) is 0 Å². The third kappa shape index (κ3) is 4.80. The van der Waals surface area contributed by atoms with Crippen molar-refractivity contribution in [2.24, 2.45) is 0 Å². The van der Waals surface area contributed by atoms with Gasteiger partial charge in [0, 0.05) is 23.4 Å². The zero-order chi connectivity index (χ0) is 21.1. The maximum Gasteiger partial charge on any atom is 0.277 e. The van der Waals surface area contributed by atoms with Gasteiger partial charge in [-0.1, -0.05) is 35.5 Å². The maximum atomic E-state index is 12.6. The number of nitrogens with zero attached hydrogens (tertiary/aromatic N) is 3. The van der Waals surface area contributed by atoms with Gasteiger partial charge in [-0.05, 0) is 44.9 Å². The van der Waals surface area contributed by atoms with E-state index in [9.17, 15) is 14.9 Å². The van der Waals surface area contributed by atoms with Gasteiger partial charge >= 0.3 is 0 Å². The highest BCUT2D eigenvalue weighted by atomic mass is 32.2. The molecule has 0 saturated carbocycles. The molecule has 29 heavy (non-hydrogen) atoms. The lowest BCUT2D eigenvalue weighted by Gasteiger charge is -2.15. The van der Waals surface area contributed by atoms with Crippen LogP contribution in [0.25, 0.3) is 11.5 Å². The first-order valence-corrected chi connectivity index (χ1v) is 9.76. The molecular formula is C20H20N4O4S. The second kappa shape index (κ2) is 8.44. The van der Waals surface area contributed by atoms with Crippen molar-refractivity contribution < 1.29 is 14.1 Å². The Morgan fingerprint density at radius 1 is 1.17 bits per heavy atom. The number of aromatic nitrogens is 2. The number of nitro benzene ring substituents is 1. The molecule has 150 valence electrons. The molecule has 1 amide bonds. The van der Waals surface area contributed by atoms with Gasteiger partial charge in [-0.3, -0.25) is 14.9 Å². The van der Waals surface area contributed by atoms with Crippen molar-refractivity contribution in [3.05, 3.63) is 63.2 Å². The predicted molar refractivity (Wildman–Crippen MR) is 111 cm³/mol. The number of carbonyl (C=O) groups excluding carboxylic acids is 1. The largest absolute Gasteiger partial charge is 0.411 e. The van der Waals surface area contributed by atoms with Gasteiger partial charge in [0.05, 0.1) is 10.2 Å². The minimum Gasteiger partial charge on any atom is -0.411 e. The van der Waals surface area contributed by atoms with Gasteiger partial charge in [0.1, 0.15) is 0 Å². The van der Waals surface area contributed by atoms with E-state index in [0.717, 1.165) is 34.1 Å². The smallest absolute Gasteiger partial charge is 0.277 e. The van der Waals surface area contributed by atoms with Crippen LogP contribution in [-0.2, 0) is 4.79 Å². The van der Waals surface area contributed by atoms with Crippen molar-refractivity contribution in [1.29, 1.82) is 0 Å². The number of benzene rings is 2. The van der Waals surface area contributed by atoms with Crippen molar-refractivity contribution in [1.82, 2.24) is 10.2 Å². The summed E-state index contributed by atoms with van der Waals surface area (Å²) in [6.45, 7) is 7.67. The molecule has 0 spiro atoms. The van der Waals surface area contributed by atoms with E-state index in [1.165, 1.54) is 12.1 Å². The normalized spacial score (nSPS) is 11.9. The molecule has 0 bridgehead atoms. The van der Waals surface area contributed by atoms with Crippen LogP contribution < -0.4 is 5.32 Å². The summed E-state index contributed by atoms with van der Waals surface area (Å²) in [4.78, 5) is 23.0. The number of nitro groups is 1. The molecule has 2 aromatic carbocycles. The van der Waals surface area contributed by atoms with Gasteiger partial charge in [-0.2, -0.15) is 0 Å². The monoisotopic (exact) mass is 412 g/mol. The van der Waals surface area contributed by atoms with Crippen molar-refractivity contribution in [2.75, 3.05) is 5.32 Å². The minimum atomic E-state index is -0.489. The SMILES string of the molecule is Cc1cc(C)c(NC(=O)[C@H](C)Sc2nnc(-c3cccc([N+](=O)[O-])c3)o2)c(C)c1. The lowest BCUT2D eigenvalue weighted by molar-refractivity contribution is -0.384. The molecule has 0 aliphatic heterocycles. The number of thioether (sulfide) groups is 1. The number of hydrogen-bond acceptors (Lipinski definition) is 7. The Labute approximate surface area is 171 Å². The Morgan fingerprint density at radius 3 is 2.52 bits per heavy atom. The van der Waals surface area contributed by atoms with Gasteiger partial charge in [0.15, 0.2) is 0 Å². The summed E-state index contributed by atoms with van der Waals surface area (Å²) in [6.07, 6.45) is 0. The van der Waals surface area contributed by atoms with Crippen LogP contribution in [0.4, 0.5) is 11.4 Å². The second-order valence-corrected chi connectivity index (χ2v) is 8.00. The van der Waals surface area contributed by atoms with Crippen LogP contribution in [0.5, 0.6) is 0 Å². The quantitative estimate of drug-likeness (QED) is 0.355. The summed E-state index contributed by atoms with van der Waals surface area (Å²) in [7, 11) is 0. The van der Waals surface area contributed by atoms with E-state index in [4.69, 9.17) is 4.42 Å². The molecule has 0 radical (unpaired) electrons. The highest BCUT2D eigenvalue weighted by molar-refractivity contribution is 8.00. The Morgan fingerprint density at radius 2 is 1.86 bits per heavy atom. The number of non-ortho nitro benzene ring substituents is 1. The van der Waals surface area contributed by atoms with Crippen molar-refractivity contribution in [2.45, 2.75) is 38.2 Å². The van der Waals surface area contributed by atoms with Crippen molar-refractivity contribution >= 4 is 29.0 Å². The zero-order valence-corrected chi connectivity index (χ0v) is 17.2. The number of nitrogens with one attached hydrogen (secondary N) is 1. The molecule has 0 fully saturated rings. The maximum absolute atomic E-state index is 12.6. The summed E-state index contributed by atoms with van der Waals surface area (Å²) >= 11 is 1.13. The molecule has 8 nitrogen and oxygen atoms in total. The van der Waals surface area contributed by atoms with E-state index >= 15 is 0 Å². The van der Waals surface area contributed by atoms with Crippen LogP contribution in [-0.4, -0.2) is 26.3 Å². The van der Waals surface area contributed by atoms with E-state index in [1.54, 1.807) is 19.1 Å². The molecule has 0 aliphatic carbocycles. The lowest BCUT2D eigenvalue weighted by atomic mass is 10.1. The number of anilines is 1.